The number of sulfonamides is 1. The van der Waals surface area contributed by atoms with Crippen LogP contribution in [0.3, 0.4) is 0 Å². The van der Waals surface area contributed by atoms with Gasteiger partial charge in [0, 0.05) is 13.1 Å². The van der Waals surface area contributed by atoms with Gasteiger partial charge in [-0.05, 0) is 37.5 Å². The summed E-state index contributed by atoms with van der Waals surface area (Å²) in [6.07, 6.45) is 0.761. The van der Waals surface area contributed by atoms with E-state index in [1.54, 1.807) is 0 Å². The predicted molar refractivity (Wildman–Crippen MR) is 115 cm³/mol. The monoisotopic (exact) mass is 400 g/mol. The lowest BCUT2D eigenvalue weighted by atomic mass is 10.1. The van der Waals surface area contributed by atoms with Gasteiger partial charge in [0.25, 0.3) is 0 Å². The first-order valence-corrected chi connectivity index (χ1v) is 11.3. The number of rotatable bonds is 7. The van der Waals surface area contributed by atoms with Crippen LogP contribution in [0, 0.1) is 0 Å². The van der Waals surface area contributed by atoms with Crippen molar-refractivity contribution < 1.29 is 8.42 Å². The quantitative estimate of drug-likeness (QED) is 0.554. The van der Waals surface area contributed by atoms with Crippen molar-refractivity contribution in [3.05, 3.63) is 65.7 Å². The maximum absolute atomic E-state index is 12.8. The van der Waals surface area contributed by atoms with E-state index in [4.69, 9.17) is 0 Å². The molecule has 1 unspecified atom stereocenters. The molecule has 0 amide bonds. The minimum Gasteiger partial charge on any atom is -0.357 e. The normalized spacial score (nSPS) is 15.2. The first kappa shape index (κ1) is 20.2. The Labute approximate surface area is 167 Å². The van der Waals surface area contributed by atoms with Gasteiger partial charge in [0.1, 0.15) is 0 Å². The molecule has 0 saturated heterocycles. The van der Waals surface area contributed by atoms with Crippen molar-refractivity contribution >= 4 is 21.7 Å². The highest BCUT2D eigenvalue weighted by Gasteiger charge is 2.28. The Morgan fingerprint density at radius 1 is 1.14 bits per heavy atom. The maximum Gasteiger partial charge on any atom is 0.237 e. The molecule has 1 aliphatic rings. The number of anilines is 1. The lowest BCUT2D eigenvalue weighted by Gasteiger charge is -2.20. The lowest BCUT2D eigenvalue weighted by molar-refractivity contribution is 0.592. The van der Waals surface area contributed by atoms with E-state index >= 15 is 0 Å². The van der Waals surface area contributed by atoms with Crippen molar-refractivity contribution in [3.63, 3.8) is 0 Å². The summed E-state index contributed by atoms with van der Waals surface area (Å²) < 4.78 is 27.1. The number of hydrogen-bond acceptors (Lipinski definition) is 3. The third-order valence-electron chi connectivity index (χ3n) is 4.80. The van der Waals surface area contributed by atoms with Crippen molar-refractivity contribution in [2.45, 2.75) is 26.3 Å². The van der Waals surface area contributed by atoms with Crippen molar-refractivity contribution in [3.8, 4) is 0 Å². The zero-order chi connectivity index (χ0) is 20.0. The molecule has 1 heterocycles. The summed E-state index contributed by atoms with van der Waals surface area (Å²) in [5.41, 5.74) is 3.03. The smallest absolute Gasteiger partial charge is 0.237 e. The Hall–Kier alpha value is -2.54. The zero-order valence-corrected chi connectivity index (χ0v) is 17.2. The molecule has 6 nitrogen and oxygen atoms in total. The predicted octanol–water partition coefficient (Wildman–Crippen LogP) is 2.70. The van der Waals surface area contributed by atoms with E-state index in [0.717, 1.165) is 23.2 Å². The van der Waals surface area contributed by atoms with Gasteiger partial charge in [-0.15, -0.1) is 0 Å². The molecule has 0 saturated carbocycles. The number of guanidine groups is 1. The molecule has 1 aliphatic heterocycles. The molecular formula is C21H28N4O2S. The standard InChI is InChI=1S/C21H28N4O2S/c1-3-22-21(24-17(2)18-9-5-4-6-10-18)23-14-16-28(26,27)25-15-13-19-11-7-8-12-20(19)25/h4-12,17H,3,13-16H2,1-2H3,(H2,22,23,24). The molecule has 0 radical (unpaired) electrons. The molecule has 1 atom stereocenters. The Bertz CT molecular complexity index is 913. The highest BCUT2D eigenvalue weighted by Crippen LogP contribution is 2.29. The second kappa shape index (κ2) is 9.10. The van der Waals surface area contributed by atoms with Gasteiger partial charge in [-0.2, -0.15) is 0 Å². The summed E-state index contributed by atoms with van der Waals surface area (Å²) in [6, 6.07) is 17.8. The molecule has 2 N–H and O–H groups in total. The Kier molecular flexibility index (Phi) is 6.57. The average molecular weight is 401 g/mol. The van der Waals surface area contributed by atoms with Crippen LogP contribution in [0.2, 0.25) is 0 Å². The number of nitrogens with zero attached hydrogens (tertiary/aromatic N) is 2. The minimum atomic E-state index is -3.39. The first-order valence-electron chi connectivity index (χ1n) is 9.69. The molecule has 28 heavy (non-hydrogen) atoms. The molecule has 2 aromatic rings. The Balaban J connectivity index is 1.63. The number of benzene rings is 2. The largest absolute Gasteiger partial charge is 0.357 e. The van der Waals surface area contributed by atoms with Gasteiger partial charge in [0.15, 0.2) is 5.96 Å². The van der Waals surface area contributed by atoms with Gasteiger partial charge in [0.05, 0.1) is 24.0 Å². The molecular weight excluding hydrogens is 372 g/mol. The van der Waals surface area contributed by atoms with Crippen LogP contribution in [0.4, 0.5) is 5.69 Å². The van der Waals surface area contributed by atoms with Gasteiger partial charge >= 0.3 is 0 Å². The summed E-state index contributed by atoms with van der Waals surface area (Å²) >= 11 is 0. The fourth-order valence-corrected chi connectivity index (χ4v) is 4.72. The minimum absolute atomic E-state index is 0.0162. The van der Waals surface area contributed by atoms with E-state index in [1.165, 1.54) is 4.31 Å². The summed E-state index contributed by atoms with van der Waals surface area (Å²) in [4.78, 5) is 4.48. The molecule has 3 rings (SSSR count). The van der Waals surface area contributed by atoms with E-state index in [2.05, 4.69) is 34.7 Å². The van der Waals surface area contributed by atoms with Crippen molar-refractivity contribution in [1.82, 2.24) is 10.6 Å². The van der Waals surface area contributed by atoms with E-state index in [9.17, 15) is 8.42 Å². The molecule has 0 bridgehead atoms. The van der Waals surface area contributed by atoms with Crippen LogP contribution in [0.1, 0.15) is 31.0 Å². The second-order valence-electron chi connectivity index (χ2n) is 6.80. The molecule has 2 aromatic carbocycles. The zero-order valence-electron chi connectivity index (χ0n) is 16.4. The topological polar surface area (TPSA) is 73.8 Å². The van der Waals surface area contributed by atoms with Crippen molar-refractivity contribution in [1.29, 1.82) is 0 Å². The van der Waals surface area contributed by atoms with Gasteiger partial charge in [-0.3, -0.25) is 9.30 Å². The molecule has 0 fully saturated rings. The summed E-state index contributed by atoms with van der Waals surface area (Å²) in [5.74, 6) is 0.605. The second-order valence-corrected chi connectivity index (χ2v) is 8.82. The van der Waals surface area contributed by atoms with Crippen LogP contribution in [-0.2, 0) is 16.4 Å². The van der Waals surface area contributed by atoms with Crippen LogP contribution >= 0.6 is 0 Å². The molecule has 0 aromatic heterocycles. The van der Waals surface area contributed by atoms with Crippen LogP contribution < -0.4 is 14.9 Å². The van der Waals surface area contributed by atoms with Gasteiger partial charge < -0.3 is 10.6 Å². The molecule has 0 spiro atoms. The number of hydrogen-bond donors (Lipinski definition) is 2. The average Bonchev–Trinajstić information content (AvgIpc) is 3.14. The fraction of sp³-hybridized carbons (Fsp3) is 0.381. The first-order chi connectivity index (χ1) is 13.5. The summed E-state index contributed by atoms with van der Waals surface area (Å²) in [7, 11) is -3.39. The molecule has 7 heteroatoms. The maximum atomic E-state index is 12.8. The number of fused-ring (bicyclic) bond motifs is 1. The Morgan fingerprint density at radius 3 is 2.61 bits per heavy atom. The summed E-state index contributed by atoms with van der Waals surface area (Å²) in [6.45, 7) is 5.47. The lowest BCUT2D eigenvalue weighted by Crippen LogP contribution is -2.39. The SMILES string of the molecule is CCNC(=NCCS(=O)(=O)N1CCc2ccccc21)NC(C)c1ccccc1. The van der Waals surface area contributed by atoms with E-state index in [0.29, 0.717) is 19.0 Å². The number of aliphatic imine (C=N–C) groups is 1. The van der Waals surface area contributed by atoms with Crippen molar-refractivity contribution in [2.24, 2.45) is 4.99 Å². The highest BCUT2D eigenvalue weighted by molar-refractivity contribution is 7.92. The van der Waals surface area contributed by atoms with Gasteiger partial charge in [0.2, 0.25) is 10.0 Å². The fourth-order valence-electron chi connectivity index (χ4n) is 3.33. The van der Waals surface area contributed by atoms with Gasteiger partial charge in [-0.1, -0.05) is 48.5 Å². The van der Waals surface area contributed by atoms with E-state index < -0.39 is 10.0 Å². The third-order valence-corrected chi connectivity index (χ3v) is 6.55. The van der Waals surface area contributed by atoms with Crippen LogP contribution in [-0.4, -0.2) is 39.8 Å². The van der Waals surface area contributed by atoms with Gasteiger partial charge in [-0.25, -0.2) is 8.42 Å². The third kappa shape index (κ3) is 4.84. The van der Waals surface area contributed by atoms with E-state index in [1.807, 2.05) is 49.4 Å². The summed E-state index contributed by atoms with van der Waals surface area (Å²) in [5, 5.41) is 6.52. The van der Waals surface area contributed by atoms with Crippen LogP contribution in [0.15, 0.2) is 59.6 Å². The number of para-hydroxylation sites is 1. The Morgan fingerprint density at radius 2 is 1.86 bits per heavy atom. The van der Waals surface area contributed by atoms with E-state index in [-0.39, 0.29) is 18.3 Å². The number of nitrogens with one attached hydrogen (secondary N) is 2. The van der Waals surface area contributed by atoms with Crippen LogP contribution in [0.25, 0.3) is 0 Å². The van der Waals surface area contributed by atoms with Crippen molar-refractivity contribution in [2.75, 3.05) is 29.7 Å². The molecule has 0 aliphatic carbocycles. The van der Waals surface area contributed by atoms with Crippen LogP contribution in [0.5, 0.6) is 0 Å². The molecule has 150 valence electrons. The highest BCUT2D eigenvalue weighted by atomic mass is 32.2.